The molecule has 2 aromatic heterocycles. The number of methoxy groups -OCH3 is 3. The van der Waals surface area contributed by atoms with Crippen LogP contribution in [0.2, 0.25) is 0 Å². The van der Waals surface area contributed by atoms with Gasteiger partial charge in [0.15, 0.2) is 11.5 Å². The minimum absolute atomic E-state index is 0.0776. The SMILES string of the molecule is COc1ccc(CCNC(=O)c2ccc3nc(-c4cc(-c5cccnc5OC)ccc4O)[nH]c3c2)cc1OC. The average molecular weight is 525 g/mol. The number of aromatic hydroxyl groups is 1. The molecule has 39 heavy (non-hydrogen) atoms. The molecule has 9 nitrogen and oxygen atoms in total. The molecule has 2 heterocycles. The highest BCUT2D eigenvalue weighted by atomic mass is 16.5. The van der Waals surface area contributed by atoms with Crippen LogP contribution in [-0.2, 0) is 6.42 Å². The van der Waals surface area contributed by atoms with Crippen LogP contribution in [0.4, 0.5) is 0 Å². The Morgan fingerprint density at radius 2 is 1.77 bits per heavy atom. The maximum absolute atomic E-state index is 12.8. The summed E-state index contributed by atoms with van der Waals surface area (Å²) >= 11 is 0. The van der Waals surface area contributed by atoms with Crippen LogP contribution in [-0.4, -0.2) is 53.8 Å². The lowest BCUT2D eigenvalue weighted by atomic mass is 10.0. The van der Waals surface area contributed by atoms with Crippen molar-refractivity contribution in [3.8, 4) is 45.6 Å². The van der Waals surface area contributed by atoms with Gasteiger partial charge < -0.3 is 29.6 Å². The van der Waals surface area contributed by atoms with Crippen molar-refractivity contribution >= 4 is 16.9 Å². The Morgan fingerprint density at radius 1 is 0.923 bits per heavy atom. The van der Waals surface area contributed by atoms with Crippen LogP contribution in [0, 0.1) is 0 Å². The van der Waals surface area contributed by atoms with Crippen molar-refractivity contribution in [2.75, 3.05) is 27.9 Å². The number of aromatic amines is 1. The van der Waals surface area contributed by atoms with Gasteiger partial charge in [0.1, 0.15) is 11.6 Å². The number of fused-ring (bicyclic) bond motifs is 1. The highest BCUT2D eigenvalue weighted by Crippen LogP contribution is 2.35. The highest BCUT2D eigenvalue weighted by Gasteiger charge is 2.15. The van der Waals surface area contributed by atoms with Gasteiger partial charge in [0.05, 0.1) is 37.9 Å². The maximum atomic E-state index is 12.8. The van der Waals surface area contributed by atoms with Gasteiger partial charge in [-0.1, -0.05) is 12.1 Å². The van der Waals surface area contributed by atoms with Gasteiger partial charge in [0, 0.05) is 23.9 Å². The Morgan fingerprint density at radius 3 is 2.56 bits per heavy atom. The number of phenolic OH excluding ortho intramolecular Hbond substituents is 1. The number of pyridine rings is 1. The Kier molecular flexibility index (Phi) is 7.31. The summed E-state index contributed by atoms with van der Waals surface area (Å²) in [6.45, 7) is 0.457. The quantitative estimate of drug-likeness (QED) is 0.248. The molecule has 3 N–H and O–H groups in total. The standard InChI is InChI=1S/C30H28N4O5/c1-37-26-11-6-18(15-27(26)38-2)12-14-31-29(36)20-7-9-23-24(17-20)34-28(33-23)22-16-19(8-10-25(22)35)21-5-4-13-32-30(21)39-3/h4-11,13,15-17,35H,12,14H2,1-3H3,(H,31,36)(H,33,34). The maximum Gasteiger partial charge on any atom is 0.251 e. The molecule has 3 aromatic carbocycles. The first-order valence-corrected chi connectivity index (χ1v) is 12.3. The molecule has 0 saturated heterocycles. The van der Waals surface area contributed by atoms with E-state index in [4.69, 9.17) is 14.2 Å². The van der Waals surface area contributed by atoms with E-state index in [1.165, 1.54) is 0 Å². The molecule has 0 saturated carbocycles. The molecule has 0 spiro atoms. The van der Waals surface area contributed by atoms with Gasteiger partial charge in [-0.3, -0.25) is 4.79 Å². The monoisotopic (exact) mass is 524 g/mol. The topological polar surface area (TPSA) is 119 Å². The lowest BCUT2D eigenvalue weighted by Gasteiger charge is -2.10. The van der Waals surface area contributed by atoms with E-state index in [-0.39, 0.29) is 11.7 Å². The van der Waals surface area contributed by atoms with Crippen molar-refractivity contribution in [2.24, 2.45) is 0 Å². The second kappa shape index (κ2) is 11.1. The molecule has 0 bridgehead atoms. The van der Waals surface area contributed by atoms with Crippen molar-refractivity contribution in [1.82, 2.24) is 20.3 Å². The van der Waals surface area contributed by atoms with Crippen LogP contribution >= 0.6 is 0 Å². The van der Waals surface area contributed by atoms with E-state index < -0.39 is 0 Å². The number of imidazole rings is 1. The number of H-pyrrole nitrogens is 1. The number of carbonyl (C=O) groups is 1. The van der Waals surface area contributed by atoms with Gasteiger partial charge in [0.2, 0.25) is 5.88 Å². The van der Waals surface area contributed by atoms with E-state index in [1.807, 2.05) is 36.4 Å². The zero-order valence-electron chi connectivity index (χ0n) is 21.8. The van der Waals surface area contributed by atoms with E-state index in [0.29, 0.717) is 58.3 Å². The lowest BCUT2D eigenvalue weighted by Crippen LogP contribution is -2.25. The van der Waals surface area contributed by atoms with Crippen LogP contribution in [0.3, 0.4) is 0 Å². The number of carbonyl (C=O) groups excluding carboxylic acids is 1. The summed E-state index contributed by atoms with van der Waals surface area (Å²) in [5.41, 5.74) is 5.02. The van der Waals surface area contributed by atoms with Crippen molar-refractivity contribution in [3.63, 3.8) is 0 Å². The number of phenols is 1. The minimum Gasteiger partial charge on any atom is -0.507 e. The van der Waals surface area contributed by atoms with E-state index in [2.05, 4.69) is 20.3 Å². The van der Waals surface area contributed by atoms with Crippen LogP contribution in [0.15, 0.2) is 72.9 Å². The predicted molar refractivity (Wildman–Crippen MR) is 149 cm³/mol. The molecule has 9 heteroatoms. The molecule has 0 aliphatic rings. The fourth-order valence-electron chi connectivity index (χ4n) is 4.40. The molecule has 0 radical (unpaired) electrons. The van der Waals surface area contributed by atoms with E-state index in [1.54, 1.807) is 57.9 Å². The van der Waals surface area contributed by atoms with Crippen molar-refractivity contribution < 1.29 is 24.1 Å². The fourth-order valence-corrected chi connectivity index (χ4v) is 4.40. The Hall–Kier alpha value is -5.05. The molecule has 0 atom stereocenters. The van der Waals surface area contributed by atoms with Crippen LogP contribution in [0.5, 0.6) is 23.1 Å². The first-order chi connectivity index (χ1) is 19.0. The number of nitrogens with zero attached hydrogens (tertiary/aromatic N) is 2. The molecule has 0 fully saturated rings. The summed E-state index contributed by atoms with van der Waals surface area (Å²) in [4.78, 5) is 25.0. The van der Waals surface area contributed by atoms with E-state index in [0.717, 1.165) is 16.7 Å². The van der Waals surface area contributed by atoms with E-state index in [9.17, 15) is 9.90 Å². The highest BCUT2D eigenvalue weighted by molar-refractivity contribution is 5.97. The predicted octanol–water partition coefficient (Wildman–Crippen LogP) is 5.00. The number of amides is 1. The summed E-state index contributed by atoms with van der Waals surface area (Å²) in [6.07, 6.45) is 2.30. The summed E-state index contributed by atoms with van der Waals surface area (Å²) < 4.78 is 16.0. The summed E-state index contributed by atoms with van der Waals surface area (Å²) in [6, 6.07) is 19.9. The summed E-state index contributed by atoms with van der Waals surface area (Å²) in [5, 5.41) is 13.6. The van der Waals surface area contributed by atoms with Crippen molar-refractivity contribution in [1.29, 1.82) is 0 Å². The Balaban J connectivity index is 1.33. The third-order valence-corrected chi connectivity index (χ3v) is 6.42. The number of aromatic nitrogens is 3. The normalized spacial score (nSPS) is 10.8. The summed E-state index contributed by atoms with van der Waals surface area (Å²) in [5.74, 6) is 2.17. The Bertz CT molecular complexity index is 1650. The zero-order chi connectivity index (χ0) is 27.4. The van der Waals surface area contributed by atoms with E-state index >= 15 is 0 Å². The molecule has 0 aliphatic heterocycles. The molecule has 5 rings (SSSR count). The third kappa shape index (κ3) is 5.33. The molecule has 198 valence electrons. The van der Waals surface area contributed by atoms with Gasteiger partial charge in [-0.2, -0.15) is 0 Å². The number of rotatable bonds is 9. The number of nitrogens with one attached hydrogen (secondary N) is 2. The third-order valence-electron chi connectivity index (χ3n) is 6.42. The smallest absolute Gasteiger partial charge is 0.251 e. The minimum atomic E-state index is -0.193. The molecule has 0 aliphatic carbocycles. The number of ether oxygens (including phenoxy) is 3. The number of hydrogen-bond acceptors (Lipinski definition) is 7. The van der Waals surface area contributed by atoms with Crippen LogP contribution < -0.4 is 19.5 Å². The van der Waals surface area contributed by atoms with Gasteiger partial charge in [0.25, 0.3) is 5.91 Å². The molecular weight excluding hydrogens is 496 g/mol. The zero-order valence-corrected chi connectivity index (χ0v) is 21.8. The fraction of sp³-hybridized carbons (Fsp3) is 0.167. The van der Waals surface area contributed by atoms with Crippen molar-refractivity contribution in [2.45, 2.75) is 6.42 Å². The molecular formula is C30H28N4O5. The first kappa shape index (κ1) is 25.6. The molecule has 1 amide bonds. The number of benzene rings is 3. The average Bonchev–Trinajstić information content (AvgIpc) is 3.40. The lowest BCUT2D eigenvalue weighted by molar-refractivity contribution is 0.0954. The van der Waals surface area contributed by atoms with Gasteiger partial charge >= 0.3 is 0 Å². The second-order valence-electron chi connectivity index (χ2n) is 8.80. The number of hydrogen-bond donors (Lipinski definition) is 3. The second-order valence-corrected chi connectivity index (χ2v) is 8.80. The molecule has 0 unspecified atom stereocenters. The Labute approximate surface area is 225 Å². The van der Waals surface area contributed by atoms with Crippen LogP contribution in [0.25, 0.3) is 33.5 Å². The molecule has 5 aromatic rings. The first-order valence-electron chi connectivity index (χ1n) is 12.3. The largest absolute Gasteiger partial charge is 0.507 e. The summed E-state index contributed by atoms with van der Waals surface area (Å²) in [7, 11) is 4.75. The van der Waals surface area contributed by atoms with Gasteiger partial charge in [-0.25, -0.2) is 9.97 Å². The van der Waals surface area contributed by atoms with Crippen LogP contribution in [0.1, 0.15) is 15.9 Å². The van der Waals surface area contributed by atoms with Crippen molar-refractivity contribution in [3.05, 3.63) is 84.1 Å². The van der Waals surface area contributed by atoms with Gasteiger partial charge in [-0.05, 0) is 72.1 Å². The van der Waals surface area contributed by atoms with Gasteiger partial charge in [-0.15, -0.1) is 0 Å².